The zero-order valence-corrected chi connectivity index (χ0v) is 14.8. The maximum absolute atomic E-state index is 12.3. The van der Waals surface area contributed by atoms with Crippen molar-refractivity contribution in [3.8, 4) is 6.07 Å². The average Bonchev–Trinajstić information content (AvgIpc) is 2.51. The first-order valence-electron chi connectivity index (χ1n) is 7.64. The number of amides is 1. The van der Waals surface area contributed by atoms with E-state index in [4.69, 9.17) is 9.88 Å². The average molecular weight is 364 g/mol. The molecule has 1 fully saturated rings. The van der Waals surface area contributed by atoms with E-state index in [0.29, 0.717) is 18.8 Å². The second kappa shape index (κ2) is 7.65. The highest BCUT2D eigenvalue weighted by atomic mass is 32.2. The molecule has 3 N–H and O–H groups in total. The van der Waals surface area contributed by atoms with Crippen molar-refractivity contribution >= 4 is 21.6 Å². The van der Waals surface area contributed by atoms with Gasteiger partial charge in [0, 0.05) is 25.0 Å². The molecule has 2 rings (SSSR count). The van der Waals surface area contributed by atoms with Gasteiger partial charge in [-0.15, -0.1) is 0 Å². The Bertz CT molecular complexity index is 802. The van der Waals surface area contributed by atoms with Crippen molar-refractivity contribution in [1.82, 2.24) is 4.90 Å². The van der Waals surface area contributed by atoms with Gasteiger partial charge in [0.25, 0.3) is 5.91 Å². The van der Waals surface area contributed by atoms with Gasteiger partial charge in [-0.1, -0.05) is 0 Å². The first-order chi connectivity index (χ1) is 11.7. The van der Waals surface area contributed by atoms with Crippen LogP contribution in [0, 0.1) is 11.3 Å². The smallest absolute Gasteiger partial charge is 0.267 e. The van der Waals surface area contributed by atoms with E-state index in [0.717, 1.165) is 0 Å². The number of morpholine rings is 1. The molecule has 2 unspecified atom stereocenters. The van der Waals surface area contributed by atoms with Gasteiger partial charge < -0.3 is 15.0 Å². The van der Waals surface area contributed by atoms with E-state index in [9.17, 15) is 18.5 Å². The Kier molecular flexibility index (Phi) is 5.79. The first-order valence-corrected chi connectivity index (χ1v) is 9.19. The van der Waals surface area contributed by atoms with Crippen molar-refractivity contribution in [3.05, 3.63) is 36.0 Å². The van der Waals surface area contributed by atoms with Crippen LogP contribution in [0.15, 0.2) is 40.9 Å². The second-order valence-corrected chi connectivity index (χ2v) is 7.45. The number of rotatable bonds is 4. The van der Waals surface area contributed by atoms with Crippen LogP contribution >= 0.6 is 0 Å². The molecule has 0 spiro atoms. The number of benzene rings is 1. The van der Waals surface area contributed by atoms with Crippen LogP contribution in [-0.2, 0) is 19.6 Å². The van der Waals surface area contributed by atoms with Crippen molar-refractivity contribution in [2.75, 3.05) is 18.4 Å². The Balaban J connectivity index is 2.10. The van der Waals surface area contributed by atoms with E-state index in [-0.39, 0.29) is 22.7 Å². The van der Waals surface area contributed by atoms with E-state index in [2.05, 4.69) is 5.32 Å². The number of anilines is 1. The highest BCUT2D eigenvalue weighted by Gasteiger charge is 2.21. The largest absolute Gasteiger partial charge is 0.372 e. The zero-order chi connectivity index (χ0) is 18.6. The normalized spacial score (nSPS) is 21.5. The number of nitrogens with two attached hydrogens (primary N) is 1. The molecule has 1 aliphatic rings. The van der Waals surface area contributed by atoms with E-state index in [1.807, 2.05) is 24.8 Å². The number of hydrogen-bond acceptors (Lipinski definition) is 6. The molecule has 8 nitrogen and oxygen atoms in total. The number of carbonyl (C=O) groups excluding carboxylic acids is 1. The zero-order valence-electron chi connectivity index (χ0n) is 14.0. The van der Waals surface area contributed by atoms with Gasteiger partial charge >= 0.3 is 0 Å². The van der Waals surface area contributed by atoms with Crippen LogP contribution in [-0.4, -0.2) is 44.5 Å². The van der Waals surface area contributed by atoms with Crippen molar-refractivity contribution in [1.29, 1.82) is 5.26 Å². The molecule has 9 heteroatoms. The third-order valence-corrected chi connectivity index (χ3v) is 4.49. The van der Waals surface area contributed by atoms with Gasteiger partial charge in [-0.25, -0.2) is 13.6 Å². The number of sulfonamides is 1. The predicted octanol–water partition coefficient (Wildman–Crippen LogP) is 0.789. The number of nitriles is 1. The fraction of sp³-hybridized carbons (Fsp3) is 0.375. The van der Waals surface area contributed by atoms with Gasteiger partial charge in [-0.05, 0) is 38.1 Å². The molecule has 0 aromatic heterocycles. The maximum Gasteiger partial charge on any atom is 0.267 e. The number of primary sulfonamides is 1. The third-order valence-electron chi connectivity index (χ3n) is 3.57. The lowest BCUT2D eigenvalue weighted by molar-refractivity contribution is -0.112. The SMILES string of the molecule is CC1CN(/C=C(/C#N)C(=O)Nc2ccc(S(N)(=O)=O)cc2)CC(C)O1. The molecular weight excluding hydrogens is 344 g/mol. The van der Waals surface area contributed by atoms with Crippen LogP contribution in [0.3, 0.4) is 0 Å². The minimum Gasteiger partial charge on any atom is -0.372 e. The van der Waals surface area contributed by atoms with Gasteiger partial charge in [-0.2, -0.15) is 5.26 Å². The van der Waals surface area contributed by atoms with Crippen molar-refractivity contribution in [2.24, 2.45) is 5.14 Å². The number of nitrogens with one attached hydrogen (secondary N) is 1. The standard InChI is InChI=1S/C16H20N4O4S/c1-11-8-20(9-12(2)24-11)10-13(7-17)16(21)19-14-3-5-15(6-4-14)25(18,22)23/h3-6,10-12H,8-9H2,1-2H3,(H,19,21)(H2,18,22,23)/b13-10-. The fourth-order valence-electron chi connectivity index (χ4n) is 2.57. The predicted molar refractivity (Wildman–Crippen MR) is 91.7 cm³/mol. The van der Waals surface area contributed by atoms with Gasteiger partial charge in [0.2, 0.25) is 10.0 Å². The van der Waals surface area contributed by atoms with Gasteiger partial charge in [-0.3, -0.25) is 4.79 Å². The highest BCUT2D eigenvalue weighted by Crippen LogP contribution is 2.15. The van der Waals surface area contributed by atoms with Crippen molar-refractivity contribution in [2.45, 2.75) is 31.0 Å². The van der Waals surface area contributed by atoms with E-state index < -0.39 is 15.9 Å². The molecule has 1 aromatic carbocycles. The van der Waals surface area contributed by atoms with E-state index in [1.54, 1.807) is 0 Å². The molecule has 1 aromatic rings. The molecule has 2 atom stereocenters. The van der Waals surface area contributed by atoms with Crippen molar-refractivity contribution < 1.29 is 17.9 Å². The number of hydrogen-bond donors (Lipinski definition) is 2. The summed E-state index contributed by atoms with van der Waals surface area (Å²) < 4.78 is 28.0. The summed E-state index contributed by atoms with van der Waals surface area (Å²) in [6.07, 6.45) is 1.53. The summed E-state index contributed by atoms with van der Waals surface area (Å²) in [6, 6.07) is 7.27. The van der Waals surface area contributed by atoms with Gasteiger partial charge in [0.05, 0.1) is 17.1 Å². The first kappa shape index (κ1) is 18.9. The Morgan fingerprint density at radius 3 is 2.36 bits per heavy atom. The fourth-order valence-corrected chi connectivity index (χ4v) is 3.09. The second-order valence-electron chi connectivity index (χ2n) is 5.89. The molecule has 1 heterocycles. The minimum atomic E-state index is -3.79. The Morgan fingerprint density at radius 2 is 1.88 bits per heavy atom. The summed E-state index contributed by atoms with van der Waals surface area (Å²) >= 11 is 0. The Hall–Kier alpha value is -2.41. The molecule has 0 saturated carbocycles. The summed E-state index contributed by atoms with van der Waals surface area (Å²) in [5, 5.41) is 16.8. The molecular formula is C16H20N4O4S. The maximum atomic E-state index is 12.3. The summed E-state index contributed by atoms with van der Waals surface area (Å²) in [7, 11) is -3.79. The highest BCUT2D eigenvalue weighted by molar-refractivity contribution is 7.89. The lowest BCUT2D eigenvalue weighted by Gasteiger charge is -2.34. The quantitative estimate of drug-likeness (QED) is 0.601. The Morgan fingerprint density at radius 1 is 1.32 bits per heavy atom. The van der Waals surface area contributed by atoms with Crippen LogP contribution in [0.4, 0.5) is 5.69 Å². The summed E-state index contributed by atoms with van der Waals surface area (Å²) in [6.45, 7) is 5.03. The van der Waals surface area contributed by atoms with E-state index in [1.165, 1.54) is 30.5 Å². The molecule has 1 saturated heterocycles. The monoisotopic (exact) mass is 364 g/mol. The number of nitrogens with zero attached hydrogens (tertiary/aromatic N) is 2. The van der Waals surface area contributed by atoms with Crippen LogP contribution < -0.4 is 10.5 Å². The molecule has 0 radical (unpaired) electrons. The van der Waals surface area contributed by atoms with Crippen LogP contribution in [0.5, 0.6) is 0 Å². The molecule has 1 amide bonds. The molecule has 25 heavy (non-hydrogen) atoms. The molecule has 1 aliphatic heterocycles. The molecule has 134 valence electrons. The van der Waals surface area contributed by atoms with Crippen LogP contribution in [0.2, 0.25) is 0 Å². The number of ether oxygens (including phenoxy) is 1. The lowest BCUT2D eigenvalue weighted by atomic mass is 10.2. The lowest BCUT2D eigenvalue weighted by Crippen LogP contribution is -2.43. The minimum absolute atomic E-state index is 0.00811. The van der Waals surface area contributed by atoms with Crippen molar-refractivity contribution in [3.63, 3.8) is 0 Å². The Labute approximate surface area is 146 Å². The van der Waals surface area contributed by atoms with Crippen LogP contribution in [0.1, 0.15) is 13.8 Å². The third kappa shape index (κ3) is 5.29. The molecule has 0 aliphatic carbocycles. The summed E-state index contributed by atoms with van der Waals surface area (Å²) in [5.41, 5.74) is 0.319. The van der Waals surface area contributed by atoms with Crippen LogP contribution in [0.25, 0.3) is 0 Å². The van der Waals surface area contributed by atoms with Gasteiger partial charge in [0.1, 0.15) is 11.6 Å². The molecule has 0 bridgehead atoms. The topological polar surface area (TPSA) is 126 Å². The number of carbonyl (C=O) groups is 1. The summed E-state index contributed by atoms with van der Waals surface area (Å²) in [4.78, 5) is 14.1. The van der Waals surface area contributed by atoms with E-state index >= 15 is 0 Å². The van der Waals surface area contributed by atoms with Gasteiger partial charge in [0.15, 0.2) is 0 Å². The summed E-state index contributed by atoms with van der Waals surface area (Å²) in [5.74, 6) is -0.572.